The standard InChI is InChI=1S/C64H104O6/c1-4-7-10-13-15-17-19-21-23-24-25-26-27-28-29-30-31-32-33-34-35-36-37-38-39-40-41-43-44-46-48-51-54-57-63(66)69-60-61(59-68-62(65)56-53-50-12-9-6-3)70-64(67)58-55-52-49-47-45-42-22-20-18-16-14-11-8-5-2/h7,10,15,17,21,23,25-26,28-29,31-32,34-35,37-38,40-41,44,46,61H,4-6,8-9,11-14,16,18-20,22,24,27,30,33,36,39,42-43,45,47-60H2,1-3H3/b10-7-,17-15-,23-21-,26-25-,29-28-,32-31-,35-34-,38-37-,41-40-,46-44-. The van der Waals surface area contributed by atoms with Crippen LogP contribution in [0, 0.1) is 0 Å². The molecule has 0 saturated carbocycles. The Labute approximate surface area is 431 Å². The van der Waals surface area contributed by atoms with Crippen molar-refractivity contribution in [3.63, 3.8) is 0 Å². The molecule has 0 aliphatic rings. The summed E-state index contributed by atoms with van der Waals surface area (Å²) in [5, 5.41) is 0. The first kappa shape index (κ1) is 65.8. The molecule has 6 heteroatoms. The molecule has 6 nitrogen and oxygen atoms in total. The minimum atomic E-state index is -0.792. The van der Waals surface area contributed by atoms with Crippen LogP contribution in [-0.2, 0) is 28.6 Å². The first-order chi connectivity index (χ1) is 34.5. The second-order valence-corrected chi connectivity index (χ2v) is 18.5. The van der Waals surface area contributed by atoms with Crippen molar-refractivity contribution in [2.45, 2.75) is 252 Å². The normalized spacial score (nSPS) is 13.0. The summed E-state index contributed by atoms with van der Waals surface area (Å²) in [7, 11) is 0. The van der Waals surface area contributed by atoms with Crippen LogP contribution in [0.1, 0.15) is 245 Å². The minimum absolute atomic E-state index is 0.0925. The average Bonchev–Trinajstić information content (AvgIpc) is 3.36. The molecule has 0 aromatic heterocycles. The molecule has 0 amide bonds. The van der Waals surface area contributed by atoms with E-state index in [0.29, 0.717) is 19.3 Å². The lowest BCUT2D eigenvalue weighted by Crippen LogP contribution is -2.30. The quantitative estimate of drug-likeness (QED) is 0.0262. The highest BCUT2D eigenvalue weighted by Gasteiger charge is 2.19. The summed E-state index contributed by atoms with van der Waals surface area (Å²) >= 11 is 0. The third-order valence-electron chi connectivity index (χ3n) is 11.7. The topological polar surface area (TPSA) is 78.9 Å². The smallest absolute Gasteiger partial charge is 0.306 e. The van der Waals surface area contributed by atoms with Gasteiger partial charge < -0.3 is 14.2 Å². The fourth-order valence-electron chi connectivity index (χ4n) is 7.47. The highest BCUT2D eigenvalue weighted by Crippen LogP contribution is 2.15. The SMILES string of the molecule is CC/C=C\C/C=C\C/C=C\C/C=C\C/C=C\C/C=C\C/C=C\C/C=C\C/C=C\C/C=C\CCCCC(=O)OCC(COC(=O)CCCCCCC)OC(=O)CCCCCCCCCCCCCCCC. The Morgan fingerprint density at radius 1 is 0.300 bits per heavy atom. The van der Waals surface area contributed by atoms with E-state index >= 15 is 0 Å². The number of allylic oxidation sites excluding steroid dienone is 20. The zero-order chi connectivity index (χ0) is 50.7. The van der Waals surface area contributed by atoms with E-state index in [0.717, 1.165) is 135 Å². The molecule has 0 aliphatic heterocycles. The third kappa shape index (κ3) is 54.7. The Bertz CT molecular complexity index is 1490. The Morgan fingerprint density at radius 2 is 0.557 bits per heavy atom. The first-order valence-electron chi connectivity index (χ1n) is 28.5. The molecule has 0 bridgehead atoms. The van der Waals surface area contributed by atoms with Crippen molar-refractivity contribution in [1.82, 2.24) is 0 Å². The van der Waals surface area contributed by atoms with E-state index in [1.165, 1.54) is 70.6 Å². The molecule has 70 heavy (non-hydrogen) atoms. The van der Waals surface area contributed by atoms with Gasteiger partial charge in [-0.05, 0) is 96.3 Å². The molecular formula is C64H104O6. The van der Waals surface area contributed by atoms with E-state index in [1.54, 1.807) is 0 Å². The van der Waals surface area contributed by atoms with E-state index in [4.69, 9.17) is 14.2 Å². The van der Waals surface area contributed by atoms with Gasteiger partial charge in [0.25, 0.3) is 0 Å². The molecule has 0 N–H and O–H groups in total. The van der Waals surface area contributed by atoms with Gasteiger partial charge in [0.15, 0.2) is 6.10 Å². The molecule has 1 unspecified atom stereocenters. The lowest BCUT2D eigenvalue weighted by Gasteiger charge is -2.18. The molecule has 396 valence electrons. The van der Waals surface area contributed by atoms with Crippen LogP contribution in [0.4, 0.5) is 0 Å². The molecule has 0 heterocycles. The largest absolute Gasteiger partial charge is 0.462 e. The predicted octanol–water partition coefficient (Wildman–Crippen LogP) is 19.3. The molecule has 0 saturated heterocycles. The molecule has 0 aromatic carbocycles. The molecule has 0 fully saturated rings. The lowest BCUT2D eigenvalue weighted by atomic mass is 10.0. The van der Waals surface area contributed by atoms with Crippen LogP contribution in [0.15, 0.2) is 122 Å². The van der Waals surface area contributed by atoms with Gasteiger partial charge in [-0.3, -0.25) is 14.4 Å². The second-order valence-electron chi connectivity index (χ2n) is 18.5. The number of carbonyl (C=O) groups excluding carboxylic acids is 3. The number of ether oxygens (including phenoxy) is 3. The molecule has 1 atom stereocenters. The zero-order valence-corrected chi connectivity index (χ0v) is 45.2. The van der Waals surface area contributed by atoms with Gasteiger partial charge in [-0.25, -0.2) is 0 Å². The highest BCUT2D eigenvalue weighted by molar-refractivity contribution is 5.71. The first-order valence-corrected chi connectivity index (χ1v) is 28.5. The highest BCUT2D eigenvalue weighted by atomic mass is 16.6. The molecule has 0 aliphatic carbocycles. The van der Waals surface area contributed by atoms with Gasteiger partial charge in [0.1, 0.15) is 13.2 Å². The van der Waals surface area contributed by atoms with Crippen molar-refractivity contribution < 1.29 is 28.6 Å². The summed E-state index contributed by atoms with van der Waals surface area (Å²) in [6, 6.07) is 0. The van der Waals surface area contributed by atoms with Crippen LogP contribution < -0.4 is 0 Å². The van der Waals surface area contributed by atoms with Gasteiger partial charge in [-0.15, -0.1) is 0 Å². The van der Waals surface area contributed by atoms with Gasteiger partial charge >= 0.3 is 17.9 Å². The minimum Gasteiger partial charge on any atom is -0.462 e. The van der Waals surface area contributed by atoms with E-state index in [1.807, 2.05) is 0 Å². The van der Waals surface area contributed by atoms with Crippen LogP contribution in [0.2, 0.25) is 0 Å². The Hall–Kier alpha value is -4.19. The fourth-order valence-corrected chi connectivity index (χ4v) is 7.47. The fraction of sp³-hybridized carbons (Fsp3) is 0.641. The summed E-state index contributed by atoms with van der Waals surface area (Å²) in [6.45, 7) is 6.40. The number of hydrogen-bond acceptors (Lipinski definition) is 6. The summed E-state index contributed by atoms with van der Waals surface area (Å²) in [4.78, 5) is 37.7. The van der Waals surface area contributed by atoms with Crippen molar-refractivity contribution in [1.29, 1.82) is 0 Å². The maximum atomic E-state index is 12.7. The van der Waals surface area contributed by atoms with E-state index < -0.39 is 6.10 Å². The van der Waals surface area contributed by atoms with Crippen molar-refractivity contribution in [2.75, 3.05) is 13.2 Å². The van der Waals surface area contributed by atoms with Gasteiger partial charge in [-0.2, -0.15) is 0 Å². The Kier molecular flexibility index (Phi) is 54.0. The number of hydrogen-bond donors (Lipinski definition) is 0. The van der Waals surface area contributed by atoms with E-state index in [2.05, 4.69) is 142 Å². The van der Waals surface area contributed by atoms with Crippen molar-refractivity contribution >= 4 is 17.9 Å². The number of rotatable bonds is 50. The average molecular weight is 970 g/mol. The zero-order valence-electron chi connectivity index (χ0n) is 45.2. The predicted molar refractivity (Wildman–Crippen MR) is 302 cm³/mol. The monoisotopic (exact) mass is 969 g/mol. The van der Waals surface area contributed by atoms with Gasteiger partial charge in [0, 0.05) is 19.3 Å². The molecular weight excluding hydrogens is 865 g/mol. The van der Waals surface area contributed by atoms with E-state index in [-0.39, 0.29) is 31.1 Å². The van der Waals surface area contributed by atoms with Crippen molar-refractivity contribution in [2.24, 2.45) is 0 Å². The third-order valence-corrected chi connectivity index (χ3v) is 11.7. The van der Waals surface area contributed by atoms with Crippen molar-refractivity contribution in [3.05, 3.63) is 122 Å². The summed E-state index contributed by atoms with van der Waals surface area (Å²) in [5.41, 5.74) is 0. The van der Waals surface area contributed by atoms with E-state index in [9.17, 15) is 14.4 Å². The van der Waals surface area contributed by atoms with Crippen LogP contribution >= 0.6 is 0 Å². The maximum Gasteiger partial charge on any atom is 0.306 e. The summed E-state index contributed by atoms with van der Waals surface area (Å²) < 4.78 is 16.6. The van der Waals surface area contributed by atoms with Gasteiger partial charge in [-0.1, -0.05) is 251 Å². The van der Waals surface area contributed by atoms with Crippen LogP contribution in [0.25, 0.3) is 0 Å². The Balaban J connectivity index is 4.17. The van der Waals surface area contributed by atoms with Gasteiger partial charge in [0.2, 0.25) is 0 Å². The van der Waals surface area contributed by atoms with Crippen LogP contribution in [0.5, 0.6) is 0 Å². The molecule has 0 rings (SSSR count). The van der Waals surface area contributed by atoms with Crippen LogP contribution in [-0.4, -0.2) is 37.2 Å². The van der Waals surface area contributed by atoms with Crippen molar-refractivity contribution in [3.8, 4) is 0 Å². The second kappa shape index (κ2) is 57.4. The maximum absolute atomic E-state index is 12.7. The number of unbranched alkanes of at least 4 members (excludes halogenated alkanes) is 19. The Morgan fingerprint density at radius 3 is 0.871 bits per heavy atom. The lowest BCUT2D eigenvalue weighted by molar-refractivity contribution is -0.167. The molecule has 0 radical (unpaired) electrons. The molecule has 0 spiro atoms. The number of carbonyl (C=O) groups is 3. The van der Waals surface area contributed by atoms with Crippen LogP contribution in [0.3, 0.4) is 0 Å². The molecule has 0 aromatic rings. The summed E-state index contributed by atoms with van der Waals surface area (Å²) in [5.74, 6) is -0.954. The summed E-state index contributed by atoms with van der Waals surface area (Å²) in [6.07, 6.45) is 79.6. The number of esters is 3. The van der Waals surface area contributed by atoms with Gasteiger partial charge in [0.05, 0.1) is 0 Å².